The lowest BCUT2D eigenvalue weighted by atomic mass is 10.3. The molecular weight excluding hydrogens is 294 g/mol. The Bertz CT molecular complexity index is 683. The summed E-state index contributed by atoms with van der Waals surface area (Å²) >= 11 is 6.11. The van der Waals surface area contributed by atoms with E-state index in [-0.39, 0.29) is 5.69 Å². The molecule has 0 amide bonds. The Morgan fingerprint density at radius 1 is 1.43 bits per heavy atom. The number of anilines is 1. The van der Waals surface area contributed by atoms with Crippen LogP contribution in [-0.2, 0) is 0 Å². The number of pyridine rings is 1. The number of nitro groups is 1. The Labute approximate surface area is 127 Å². The average molecular weight is 310 g/mol. The lowest BCUT2D eigenvalue weighted by Gasteiger charge is -2.08. The minimum atomic E-state index is -0.449. The van der Waals surface area contributed by atoms with Gasteiger partial charge in [-0.3, -0.25) is 10.1 Å². The molecule has 0 saturated carbocycles. The monoisotopic (exact) mass is 309 g/mol. The Morgan fingerprint density at radius 2 is 2.14 bits per heavy atom. The zero-order valence-corrected chi connectivity index (χ0v) is 12.8. The maximum absolute atomic E-state index is 11.1. The molecule has 0 fully saturated rings. The summed E-state index contributed by atoms with van der Waals surface area (Å²) in [5, 5.41) is 18.9. The fourth-order valence-electron chi connectivity index (χ4n) is 1.91. The van der Waals surface area contributed by atoms with E-state index in [4.69, 9.17) is 11.6 Å². The molecule has 0 unspecified atom stereocenters. The van der Waals surface area contributed by atoms with Crippen LogP contribution in [0.25, 0.3) is 5.82 Å². The van der Waals surface area contributed by atoms with Gasteiger partial charge in [-0.15, -0.1) is 0 Å². The molecule has 1 N–H and O–H groups in total. The van der Waals surface area contributed by atoms with E-state index in [0.29, 0.717) is 34.6 Å². The number of hydrogen-bond acceptors (Lipinski definition) is 5. The van der Waals surface area contributed by atoms with Crippen LogP contribution in [0.4, 0.5) is 11.5 Å². The maximum Gasteiger partial charge on any atom is 0.276 e. The first kappa shape index (κ1) is 15.2. The smallest absolute Gasteiger partial charge is 0.276 e. The number of hydrogen-bond donors (Lipinski definition) is 1. The summed E-state index contributed by atoms with van der Waals surface area (Å²) in [6.45, 7) is 6.26. The van der Waals surface area contributed by atoms with Gasteiger partial charge in [0.15, 0.2) is 5.82 Å². The van der Waals surface area contributed by atoms with E-state index in [1.807, 2.05) is 6.92 Å². The van der Waals surface area contributed by atoms with Gasteiger partial charge < -0.3 is 5.32 Å². The quantitative estimate of drug-likeness (QED) is 0.676. The van der Waals surface area contributed by atoms with E-state index >= 15 is 0 Å². The van der Waals surface area contributed by atoms with Crippen LogP contribution < -0.4 is 5.32 Å². The third-order valence-corrected chi connectivity index (χ3v) is 3.53. The van der Waals surface area contributed by atoms with Crippen molar-refractivity contribution in [3.63, 3.8) is 0 Å². The summed E-state index contributed by atoms with van der Waals surface area (Å²) in [5.74, 6) is 0.819. The van der Waals surface area contributed by atoms with Gasteiger partial charge in [-0.1, -0.05) is 18.5 Å². The molecule has 0 atom stereocenters. The third-order valence-electron chi connectivity index (χ3n) is 2.98. The second-order valence-corrected chi connectivity index (χ2v) is 5.03. The van der Waals surface area contributed by atoms with Gasteiger partial charge in [-0.2, -0.15) is 5.10 Å². The van der Waals surface area contributed by atoms with Gasteiger partial charge in [0.2, 0.25) is 0 Å². The predicted molar refractivity (Wildman–Crippen MR) is 81.3 cm³/mol. The molecule has 2 aromatic heterocycles. The van der Waals surface area contributed by atoms with Gasteiger partial charge in [0.25, 0.3) is 5.69 Å². The van der Waals surface area contributed by atoms with Crippen molar-refractivity contribution in [1.82, 2.24) is 14.8 Å². The summed E-state index contributed by atoms with van der Waals surface area (Å²) in [5.41, 5.74) is 1.32. The summed E-state index contributed by atoms with van der Waals surface area (Å²) in [6.07, 6.45) is 0.894. The number of rotatable bonds is 5. The number of halogens is 1. The van der Waals surface area contributed by atoms with E-state index in [1.165, 1.54) is 16.8 Å². The number of aromatic nitrogens is 3. The highest BCUT2D eigenvalue weighted by atomic mass is 35.5. The highest BCUT2D eigenvalue weighted by Gasteiger charge is 2.16. The highest BCUT2D eigenvalue weighted by molar-refractivity contribution is 6.31. The number of nitrogens with zero attached hydrogens (tertiary/aromatic N) is 4. The maximum atomic E-state index is 11.1. The first-order valence-corrected chi connectivity index (χ1v) is 6.94. The summed E-state index contributed by atoms with van der Waals surface area (Å²) < 4.78 is 1.52. The van der Waals surface area contributed by atoms with Gasteiger partial charge in [0.05, 0.1) is 33.5 Å². The molecule has 2 heterocycles. The van der Waals surface area contributed by atoms with Gasteiger partial charge in [-0.25, -0.2) is 9.67 Å². The fraction of sp³-hybridized carbons (Fsp3) is 0.385. The molecule has 8 heteroatoms. The molecular formula is C13H16ClN5O2. The lowest BCUT2D eigenvalue weighted by Crippen LogP contribution is -2.08. The van der Waals surface area contributed by atoms with E-state index in [0.717, 1.165) is 6.42 Å². The molecule has 7 nitrogen and oxygen atoms in total. The zero-order chi connectivity index (χ0) is 15.6. The summed E-state index contributed by atoms with van der Waals surface area (Å²) in [6, 6.07) is 2.79. The normalized spacial score (nSPS) is 10.7. The van der Waals surface area contributed by atoms with Gasteiger partial charge in [-0.05, 0) is 20.3 Å². The van der Waals surface area contributed by atoms with Crippen molar-refractivity contribution < 1.29 is 4.92 Å². The van der Waals surface area contributed by atoms with Crippen LogP contribution in [0.5, 0.6) is 0 Å². The fourth-order valence-corrected chi connectivity index (χ4v) is 2.02. The van der Waals surface area contributed by atoms with Crippen molar-refractivity contribution >= 4 is 23.1 Å². The van der Waals surface area contributed by atoms with Crippen LogP contribution in [-0.4, -0.2) is 26.2 Å². The molecule has 0 aliphatic rings. The van der Waals surface area contributed by atoms with Crippen molar-refractivity contribution in [1.29, 1.82) is 0 Å². The van der Waals surface area contributed by atoms with Gasteiger partial charge in [0.1, 0.15) is 5.82 Å². The SMILES string of the molecule is CCCNc1cc([N+](=O)[O-])cc(-n2nc(C)c(Cl)c2C)n1. The molecule has 0 aliphatic carbocycles. The van der Waals surface area contributed by atoms with E-state index in [2.05, 4.69) is 15.4 Å². The van der Waals surface area contributed by atoms with Crippen molar-refractivity contribution in [2.45, 2.75) is 27.2 Å². The molecule has 0 bridgehead atoms. The highest BCUT2D eigenvalue weighted by Crippen LogP contribution is 2.25. The topological polar surface area (TPSA) is 85.9 Å². The Morgan fingerprint density at radius 3 is 2.67 bits per heavy atom. The molecule has 112 valence electrons. The number of aryl methyl sites for hydroxylation is 1. The second-order valence-electron chi connectivity index (χ2n) is 4.65. The van der Waals surface area contributed by atoms with Crippen LogP contribution in [0, 0.1) is 24.0 Å². The van der Waals surface area contributed by atoms with Gasteiger partial charge >= 0.3 is 0 Å². The molecule has 2 aromatic rings. The molecule has 0 aliphatic heterocycles. The largest absolute Gasteiger partial charge is 0.370 e. The van der Waals surface area contributed by atoms with Crippen LogP contribution in [0.2, 0.25) is 5.02 Å². The third kappa shape index (κ3) is 3.13. The lowest BCUT2D eigenvalue weighted by molar-refractivity contribution is -0.384. The standard InChI is InChI=1S/C13H16ClN5O2/c1-4-5-15-11-6-10(19(20)21)7-12(16-11)18-9(3)13(14)8(2)17-18/h6-7H,4-5H2,1-3H3,(H,15,16). The molecule has 2 rings (SSSR count). The number of nitrogens with one attached hydrogen (secondary N) is 1. The first-order valence-electron chi connectivity index (χ1n) is 6.56. The summed E-state index contributed by atoms with van der Waals surface area (Å²) in [4.78, 5) is 15.0. The Kier molecular flexibility index (Phi) is 4.42. The molecule has 0 spiro atoms. The van der Waals surface area contributed by atoms with Crippen molar-refractivity contribution in [2.75, 3.05) is 11.9 Å². The molecule has 21 heavy (non-hydrogen) atoms. The predicted octanol–water partition coefficient (Wildman–Crippen LogP) is 3.27. The first-order chi connectivity index (χ1) is 9.93. The minimum Gasteiger partial charge on any atom is -0.370 e. The minimum absolute atomic E-state index is 0.0396. The van der Waals surface area contributed by atoms with Crippen LogP contribution in [0.15, 0.2) is 12.1 Å². The van der Waals surface area contributed by atoms with Crippen LogP contribution in [0.1, 0.15) is 24.7 Å². The molecule has 0 saturated heterocycles. The Hall–Kier alpha value is -2.15. The van der Waals surface area contributed by atoms with Crippen molar-refractivity contribution in [3.05, 3.63) is 38.7 Å². The Balaban J connectivity index is 2.53. The zero-order valence-electron chi connectivity index (χ0n) is 12.1. The van der Waals surface area contributed by atoms with Crippen molar-refractivity contribution in [2.24, 2.45) is 0 Å². The van der Waals surface area contributed by atoms with E-state index < -0.39 is 4.92 Å². The van der Waals surface area contributed by atoms with E-state index in [9.17, 15) is 10.1 Å². The average Bonchev–Trinajstić information content (AvgIpc) is 2.72. The second kappa shape index (κ2) is 6.09. The molecule has 0 aromatic carbocycles. The van der Waals surface area contributed by atoms with Crippen LogP contribution >= 0.6 is 11.6 Å². The van der Waals surface area contributed by atoms with E-state index in [1.54, 1.807) is 13.8 Å². The van der Waals surface area contributed by atoms with Crippen molar-refractivity contribution in [3.8, 4) is 5.82 Å². The molecule has 0 radical (unpaired) electrons. The van der Waals surface area contributed by atoms with Gasteiger partial charge in [0, 0.05) is 6.54 Å². The summed E-state index contributed by atoms with van der Waals surface area (Å²) in [7, 11) is 0. The van der Waals surface area contributed by atoms with Crippen LogP contribution in [0.3, 0.4) is 0 Å².